The lowest BCUT2D eigenvalue weighted by Gasteiger charge is -2.11. The van der Waals surface area contributed by atoms with Gasteiger partial charge in [-0.3, -0.25) is 0 Å². The minimum absolute atomic E-state index is 0.0784. The van der Waals surface area contributed by atoms with E-state index in [9.17, 15) is 0 Å². The zero-order chi connectivity index (χ0) is 12.1. The quantitative estimate of drug-likeness (QED) is 0.741. The topological polar surface area (TPSA) is 59.3 Å². The van der Waals surface area contributed by atoms with Gasteiger partial charge in [0.05, 0.1) is 25.0 Å². The Hall–Kier alpha value is -1.07. The fraction of sp³-hybridized carbons (Fsp3) is 0.727. The van der Waals surface area contributed by atoms with E-state index < -0.39 is 0 Å². The fourth-order valence-electron chi connectivity index (χ4n) is 1.66. The highest BCUT2D eigenvalue weighted by molar-refractivity contribution is 5.31. The maximum atomic E-state index is 8.96. The summed E-state index contributed by atoms with van der Waals surface area (Å²) in [6.45, 7) is 4.81. The summed E-state index contributed by atoms with van der Waals surface area (Å²) in [4.78, 5) is 0. The second-order valence-corrected chi connectivity index (χ2v) is 3.88. The molecule has 1 heterocycles. The number of ether oxygens (including phenoxy) is 1. The highest BCUT2D eigenvalue weighted by Crippen LogP contribution is 2.21. The zero-order valence-electron chi connectivity index (χ0n) is 10.4. The summed E-state index contributed by atoms with van der Waals surface area (Å²) in [5.74, 6) is 0.787. The van der Waals surface area contributed by atoms with E-state index in [1.54, 1.807) is 11.8 Å². The third kappa shape index (κ3) is 2.74. The lowest BCUT2D eigenvalue weighted by molar-refractivity contribution is 0.250. The van der Waals surface area contributed by atoms with Crippen molar-refractivity contribution in [2.24, 2.45) is 7.05 Å². The van der Waals surface area contributed by atoms with E-state index in [1.807, 2.05) is 14.0 Å². The Balaban J connectivity index is 2.83. The smallest absolute Gasteiger partial charge is 0.216 e. The van der Waals surface area contributed by atoms with Gasteiger partial charge in [0.1, 0.15) is 0 Å². The van der Waals surface area contributed by atoms with E-state index in [0.29, 0.717) is 6.54 Å². The van der Waals surface area contributed by atoms with Gasteiger partial charge >= 0.3 is 0 Å². The molecule has 16 heavy (non-hydrogen) atoms. The van der Waals surface area contributed by atoms with Crippen molar-refractivity contribution in [1.82, 2.24) is 15.1 Å². The molecule has 0 saturated heterocycles. The number of aliphatic hydroxyl groups is 1. The third-order valence-corrected chi connectivity index (χ3v) is 2.60. The highest BCUT2D eigenvalue weighted by atomic mass is 16.5. The lowest BCUT2D eigenvalue weighted by Crippen LogP contribution is -2.29. The van der Waals surface area contributed by atoms with Crippen molar-refractivity contribution in [3.05, 3.63) is 11.3 Å². The zero-order valence-corrected chi connectivity index (χ0v) is 10.4. The molecule has 1 atom stereocenters. The molecule has 0 aliphatic carbocycles. The van der Waals surface area contributed by atoms with Crippen LogP contribution in [-0.4, -0.2) is 34.6 Å². The number of aromatic nitrogens is 2. The predicted molar refractivity (Wildman–Crippen MR) is 62.5 cm³/mol. The van der Waals surface area contributed by atoms with Crippen LogP contribution in [0.2, 0.25) is 0 Å². The van der Waals surface area contributed by atoms with Crippen LogP contribution in [0.1, 0.15) is 25.1 Å². The van der Waals surface area contributed by atoms with E-state index in [4.69, 9.17) is 9.84 Å². The number of rotatable bonds is 6. The number of aliphatic hydroxyl groups excluding tert-OH is 1. The molecule has 0 fully saturated rings. The summed E-state index contributed by atoms with van der Waals surface area (Å²) < 4.78 is 7.07. The molecule has 0 aliphatic rings. The number of aryl methyl sites for hydroxylation is 2. The van der Waals surface area contributed by atoms with Crippen molar-refractivity contribution in [3.63, 3.8) is 0 Å². The lowest BCUT2D eigenvalue weighted by atomic mass is 10.2. The molecule has 0 aromatic carbocycles. The van der Waals surface area contributed by atoms with Gasteiger partial charge in [-0.2, -0.15) is 5.10 Å². The minimum Gasteiger partial charge on any atom is -0.481 e. The number of nitrogens with zero attached hydrogens (tertiary/aromatic N) is 2. The predicted octanol–water partition coefficient (Wildman–Crippen LogP) is 0.461. The number of nitrogens with one attached hydrogen (secondary N) is 1. The van der Waals surface area contributed by atoms with Crippen LogP contribution in [0.5, 0.6) is 5.88 Å². The van der Waals surface area contributed by atoms with Crippen LogP contribution in [0.25, 0.3) is 0 Å². The van der Waals surface area contributed by atoms with Gasteiger partial charge in [0.2, 0.25) is 5.88 Å². The third-order valence-electron chi connectivity index (χ3n) is 2.60. The van der Waals surface area contributed by atoms with Crippen molar-refractivity contribution in [2.75, 3.05) is 13.7 Å². The normalized spacial score (nSPS) is 12.8. The summed E-state index contributed by atoms with van der Waals surface area (Å²) in [7, 11) is 3.52. The maximum absolute atomic E-state index is 8.96. The Bertz CT molecular complexity index is 336. The summed E-state index contributed by atoms with van der Waals surface area (Å²) in [5, 5.41) is 16.6. The highest BCUT2D eigenvalue weighted by Gasteiger charge is 2.15. The Morgan fingerprint density at radius 2 is 2.25 bits per heavy atom. The summed E-state index contributed by atoms with van der Waals surface area (Å²) in [6, 6.07) is 0.0784. The van der Waals surface area contributed by atoms with Gasteiger partial charge < -0.3 is 15.2 Å². The van der Waals surface area contributed by atoms with Crippen molar-refractivity contribution in [2.45, 2.75) is 32.9 Å². The molecule has 0 spiro atoms. The molecule has 0 amide bonds. The van der Waals surface area contributed by atoms with Gasteiger partial charge in [0.15, 0.2) is 0 Å². The number of hydrogen-bond donors (Lipinski definition) is 2. The first-order chi connectivity index (χ1) is 7.63. The van der Waals surface area contributed by atoms with E-state index in [1.165, 1.54) is 0 Å². The van der Waals surface area contributed by atoms with E-state index in [0.717, 1.165) is 23.6 Å². The molecule has 5 heteroatoms. The van der Waals surface area contributed by atoms with Crippen molar-refractivity contribution >= 4 is 0 Å². The Morgan fingerprint density at radius 1 is 1.56 bits per heavy atom. The van der Waals surface area contributed by atoms with Gasteiger partial charge in [-0.1, -0.05) is 6.92 Å². The second-order valence-electron chi connectivity index (χ2n) is 3.88. The molecular formula is C11H21N3O2. The van der Waals surface area contributed by atoms with E-state index >= 15 is 0 Å². The SMILES string of the molecule is CCc1nn(C)c(OC)c1CNC(C)CO. The summed E-state index contributed by atoms with van der Waals surface area (Å²) in [5.41, 5.74) is 2.12. The monoisotopic (exact) mass is 227 g/mol. The molecule has 1 unspecified atom stereocenters. The first kappa shape index (κ1) is 13.0. The molecule has 0 saturated carbocycles. The molecule has 1 aromatic heterocycles. The van der Waals surface area contributed by atoms with Crippen LogP contribution in [-0.2, 0) is 20.0 Å². The molecule has 0 radical (unpaired) electrons. The van der Waals surface area contributed by atoms with Crippen LogP contribution in [0.4, 0.5) is 0 Å². The van der Waals surface area contributed by atoms with Gasteiger partial charge in [-0.15, -0.1) is 0 Å². The Morgan fingerprint density at radius 3 is 2.75 bits per heavy atom. The largest absolute Gasteiger partial charge is 0.481 e. The molecule has 0 aliphatic heterocycles. The van der Waals surface area contributed by atoms with Crippen LogP contribution < -0.4 is 10.1 Å². The molecule has 1 rings (SSSR count). The van der Waals surface area contributed by atoms with Crippen molar-refractivity contribution in [3.8, 4) is 5.88 Å². The van der Waals surface area contributed by atoms with Gasteiger partial charge in [-0.25, -0.2) is 4.68 Å². The molecule has 1 aromatic rings. The maximum Gasteiger partial charge on any atom is 0.216 e. The van der Waals surface area contributed by atoms with Gasteiger partial charge in [0, 0.05) is 19.6 Å². The molecule has 92 valence electrons. The van der Waals surface area contributed by atoms with Crippen LogP contribution in [0, 0.1) is 0 Å². The Kier molecular flexibility index (Phi) is 4.76. The van der Waals surface area contributed by atoms with Crippen molar-refractivity contribution < 1.29 is 9.84 Å². The first-order valence-corrected chi connectivity index (χ1v) is 5.57. The molecular weight excluding hydrogens is 206 g/mol. The van der Waals surface area contributed by atoms with Crippen LogP contribution in [0.15, 0.2) is 0 Å². The average molecular weight is 227 g/mol. The number of methoxy groups -OCH3 is 1. The van der Waals surface area contributed by atoms with Gasteiger partial charge in [0.25, 0.3) is 0 Å². The summed E-state index contributed by atoms with van der Waals surface area (Å²) >= 11 is 0. The van der Waals surface area contributed by atoms with Gasteiger partial charge in [-0.05, 0) is 13.3 Å². The van der Waals surface area contributed by atoms with E-state index in [-0.39, 0.29) is 12.6 Å². The minimum atomic E-state index is 0.0784. The molecule has 5 nitrogen and oxygen atoms in total. The first-order valence-electron chi connectivity index (χ1n) is 5.57. The Labute approximate surface area is 96.4 Å². The summed E-state index contributed by atoms with van der Waals surface area (Å²) in [6.07, 6.45) is 0.877. The van der Waals surface area contributed by atoms with Crippen molar-refractivity contribution in [1.29, 1.82) is 0 Å². The molecule has 2 N–H and O–H groups in total. The second kappa shape index (κ2) is 5.86. The molecule has 0 bridgehead atoms. The van der Waals surface area contributed by atoms with Crippen LogP contribution >= 0.6 is 0 Å². The standard InChI is InChI=1S/C11H21N3O2/c1-5-10-9(6-12-8(2)7-15)11(16-4)14(3)13-10/h8,12,15H,5-7H2,1-4H3. The van der Waals surface area contributed by atoms with E-state index in [2.05, 4.69) is 17.3 Å². The van der Waals surface area contributed by atoms with Crippen LogP contribution in [0.3, 0.4) is 0 Å². The average Bonchev–Trinajstić information content (AvgIpc) is 2.61. The number of hydrogen-bond acceptors (Lipinski definition) is 4. The fourth-order valence-corrected chi connectivity index (χ4v) is 1.66.